The molecule has 0 atom stereocenters. The van der Waals surface area contributed by atoms with Crippen LogP contribution in [-0.4, -0.2) is 10.5 Å². The number of carbonyl (C=O) groups excluding carboxylic acids is 1. The molecule has 0 aliphatic carbocycles. The molecule has 0 aliphatic heterocycles. The van der Waals surface area contributed by atoms with E-state index in [1.165, 1.54) is 22.0 Å². The first kappa shape index (κ1) is 15.4. The van der Waals surface area contributed by atoms with Crippen molar-refractivity contribution in [3.05, 3.63) is 63.4 Å². The van der Waals surface area contributed by atoms with Gasteiger partial charge in [0.05, 0.1) is 5.39 Å². The minimum Gasteiger partial charge on any atom is -0.324 e. The van der Waals surface area contributed by atoms with Crippen molar-refractivity contribution in [1.82, 2.24) is 4.57 Å². The van der Waals surface area contributed by atoms with Crippen molar-refractivity contribution in [2.75, 3.05) is 5.32 Å². The van der Waals surface area contributed by atoms with E-state index in [0.717, 1.165) is 21.7 Å². The average Bonchev–Trinajstić information content (AvgIpc) is 2.87. The monoisotopic (exact) mass is 334 g/mol. The van der Waals surface area contributed by atoms with Gasteiger partial charge in [0.25, 0.3) is 5.56 Å². The Labute approximate surface area is 134 Å². The number of carbonyl (C=O) groups is 1. The molecule has 1 N–H and O–H groups in total. The molecule has 0 fully saturated rings. The Morgan fingerprint density at radius 3 is 2.74 bits per heavy atom. The van der Waals surface area contributed by atoms with Gasteiger partial charge in [0, 0.05) is 27.5 Å². The Morgan fingerprint density at radius 1 is 1.22 bits per heavy atom. The SMILES string of the molecule is Cc1cc2c(=O)n(CC(=O)Nc3ccc(F)c(F)c3)ccc2s1. The van der Waals surface area contributed by atoms with E-state index >= 15 is 0 Å². The summed E-state index contributed by atoms with van der Waals surface area (Å²) < 4.78 is 28.1. The number of pyridine rings is 1. The fourth-order valence-corrected chi connectivity index (χ4v) is 3.17. The first-order chi connectivity index (χ1) is 10.9. The topological polar surface area (TPSA) is 51.1 Å². The molecule has 0 unspecified atom stereocenters. The molecular formula is C16H12F2N2O2S. The second kappa shape index (κ2) is 5.92. The molecule has 118 valence electrons. The van der Waals surface area contributed by atoms with Gasteiger partial charge in [-0.15, -0.1) is 11.3 Å². The summed E-state index contributed by atoms with van der Waals surface area (Å²) >= 11 is 1.51. The predicted molar refractivity (Wildman–Crippen MR) is 85.8 cm³/mol. The van der Waals surface area contributed by atoms with Crippen LogP contribution < -0.4 is 10.9 Å². The zero-order chi connectivity index (χ0) is 16.6. The van der Waals surface area contributed by atoms with Gasteiger partial charge in [-0.05, 0) is 31.2 Å². The molecule has 4 nitrogen and oxygen atoms in total. The number of thiophene rings is 1. The lowest BCUT2D eigenvalue weighted by molar-refractivity contribution is -0.116. The van der Waals surface area contributed by atoms with E-state index in [0.29, 0.717) is 5.39 Å². The van der Waals surface area contributed by atoms with Gasteiger partial charge in [-0.2, -0.15) is 0 Å². The largest absolute Gasteiger partial charge is 0.324 e. The van der Waals surface area contributed by atoms with E-state index in [-0.39, 0.29) is 17.8 Å². The molecule has 0 bridgehead atoms. The first-order valence-corrected chi connectivity index (χ1v) is 7.60. The molecule has 3 rings (SSSR count). The summed E-state index contributed by atoms with van der Waals surface area (Å²) in [7, 11) is 0. The number of fused-ring (bicyclic) bond motifs is 1. The molecule has 2 aromatic heterocycles. The number of nitrogens with zero attached hydrogens (tertiary/aromatic N) is 1. The van der Waals surface area contributed by atoms with E-state index in [2.05, 4.69) is 5.32 Å². The van der Waals surface area contributed by atoms with Crippen molar-refractivity contribution in [2.45, 2.75) is 13.5 Å². The maximum absolute atomic E-state index is 13.1. The van der Waals surface area contributed by atoms with Crippen LogP contribution in [0.15, 0.2) is 41.3 Å². The molecular weight excluding hydrogens is 322 g/mol. The number of anilines is 1. The quantitative estimate of drug-likeness (QED) is 0.799. The minimum absolute atomic E-state index is 0.134. The van der Waals surface area contributed by atoms with Crippen LogP contribution in [0.5, 0.6) is 0 Å². The fraction of sp³-hybridized carbons (Fsp3) is 0.125. The lowest BCUT2D eigenvalue weighted by Crippen LogP contribution is -2.27. The van der Waals surface area contributed by atoms with Crippen LogP contribution in [0.1, 0.15) is 4.88 Å². The number of rotatable bonds is 3. The Hall–Kier alpha value is -2.54. The Balaban J connectivity index is 1.81. The number of aryl methyl sites for hydroxylation is 1. The van der Waals surface area contributed by atoms with Crippen LogP contribution in [0.4, 0.5) is 14.5 Å². The normalized spacial score (nSPS) is 10.9. The van der Waals surface area contributed by atoms with Crippen LogP contribution in [0, 0.1) is 18.6 Å². The first-order valence-electron chi connectivity index (χ1n) is 6.78. The zero-order valence-corrected chi connectivity index (χ0v) is 12.9. The Kier molecular flexibility index (Phi) is 3.96. The highest BCUT2D eigenvalue weighted by atomic mass is 32.1. The summed E-state index contributed by atoms with van der Waals surface area (Å²) in [6.45, 7) is 1.70. The third-order valence-corrected chi connectivity index (χ3v) is 4.31. The maximum Gasteiger partial charge on any atom is 0.259 e. The molecule has 2 heterocycles. The van der Waals surface area contributed by atoms with Crippen LogP contribution >= 0.6 is 11.3 Å². The van der Waals surface area contributed by atoms with Gasteiger partial charge in [0.15, 0.2) is 11.6 Å². The van der Waals surface area contributed by atoms with E-state index in [1.54, 1.807) is 18.3 Å². The standard InChI is InChI=1S/C16H12F2N2O2S/c1-9-6-11-14(23-9)4-5-20(16(11)22)8-15(21)19-10-2-3-12(17)13(18)7-10/h2-7H,8H2,1H3,(H,19,21). The minimum atomic E-state index is -1.05. The zero-order valence-electron chi connectivity index (χ0n) is 12.1. The van der Waals surface area contributed by atoms with E-state index in [1.807, 2.05) is 6.92 Å². The Bertz CT molecular complexity index is 962. The molecule has 7 heteroatoms. The summed E-state index contributed by atoms with van der Waals surface area (Å²) in [4.78, 5) is 25.3. The summed E-state index contributed by atoms with van der Waals surface area (Å²) in [5.74, 6) is -2.53. The van der Waals surface area contributed by atoms with Crippen molar-refractivity contribution in [3.63, 3.8) is 0 Å². The van der Waals surface area contributed by atoms with Crippen LogP contribution in [0.2, 0.25) is 0 Å². The summed E-state index contributed by atoms with van der Waals surface area (Å²) in [6.07, 6.45) is 1.55. The molecule has 23 heavy (non-hydrogen) atoms. The second-order valence-corrected chi connectivity index (χ2v) is 6.35. The average molecular weight is 334 g/mol. The van der Waals surface area contributed by atoms with Gasteiger partial charge >= 0.3 is 0 Å². The number of halogens is 2. The molecule has 1 aromatic carbocycles. The molecule has 0 radical (unpaired) electrons. The van der Waals surface area contributed by atoms with Crippen LogP contribution in [-0.2, 0) is 11.3 Å². The number of benzene rings is 1. The molecule has 0 spiro atoms. The maximum atomic E-state index is 13.1. The highest BCUT2D eigenvalue weighted by Crippen LogP contribution is 2.21. The summed E-state index contributed by atoms with van der Waals surface area (Å²) in [5.41, 5.74) is -0.123. The van der Waals surface area contributed by atoms with Gasteiger partial charge in [0.2, 0.25) is 5.91 Å². The lowest BCUT2D eigenvalue weighted by atomic mass is 10.3. The highest BCUT2D eigenvalue weighted by molar-refractivity contribution is 7.18. The van der Waals surface area contributed by atoms with Crippen molar-refractivity contribution in [2.24, 2.45) is 0 Å². The molecule has 0 saturated heterocycles. The molecule has 3 aromatic rings. The number of aromatic nitrogens is 1. The number of nitrogens with one attached hydrogen (secondary N) is 1. The van der Waals surface area contributed by atoms with Gasteiger partial charge < -0.3 is 9.88 Å². The van der Waals surface area contributed by atoms with Crippen molar-refractivity contribution in [3.8, 4) is 0 Å². The third kappa shape index (κ3) is 3.14. The van der Waals surface area contributed by atoms with Crippen molar-refractivity contribution >= 4 is 33.0 Å². The number of hydrogen-bond acceptors (Lipinski definition) is 3. The fourth-order valence-electron chi connectivity index (χ4n) is 2.26. The predicted octanol–water partition coefficient (Wildman–Crippen LogP) is 3.29. The summed E-state index contributed by atoms with van der Waals surface area (Å²) in [5, 5.41) is 3.00. The highest BCUT2D eigenvalue weighted by Gasteiger charge is 2.10. The molecule has 0 aliphatic rings. The van der Waals surface area contributed by atoms with Gasteiger partial charge in [0.1, 0.15) is 6.54 Å². The van der Waals surface area contributed by atoms with Crippen LogP contribution in [0.25, 0.3) is 10.1 Å². The van der Waals surface area contributed by atoms with Crippen molar-refractivity contribution < 1.29 is 13.6 Å². The van der Waals surface area contributed by atoms with Crippen LogP contribution in [0.3, 0.4) is 0 Å². The third-order valence-electron chi connectivity index (χ3n) is 3.30. The second-order valence-electron chi connectivity index (χ2n) is 5.06. The lowest BCUT2D eigenvalue weighted by Gasteiger charge is -2.08. The van der Waals surface area contributed by atoms with Crippen molar-refractivity contribution in [1.29, 1.82) is 0 Å². The number of hydrogen-bond donors (Lipinski definition) is 1. The van der Waals surface area contributed by atoms with E-state index < -0.39 is 17.5 Å². The van der Waals surface area contributed by atoms with Gasteiger partial charge in [-0.3, -0.25) is 9.59 Å². The molecule has 0 saturated carbocycles. The van der Waals surface area contributed by atoms with Gasteiger partial charge in [-0.1, -0.05) is 0 Å². The van der Waals surface area contributed by atoms with E-state index in [4.69, 9.17) is 0 Å². The smallest absolute Gasteiger partial charge is 0.259 e. The molecule has 1 amide bonds. The number of amides is 1. The Morgan fingerprint density at radius 2 is 2.00 bits per heavy atom. The summed E-state index contributed by atoms with van der Waals surface area (Å²) in [6, 6.07) is 6.63. The van der Waals surface area contributed by atoms with Gasteiger partial charge in [-0.25, -0.2) is 8.78 Å². The van der Waals surface area contributed by atoms with E-state index in [9.17, 15) is 18.4 Å².